The van der Waals surface area contributed by atoms with Crippen LogP contribution in [0.15, 0.2) is 66.7 Å². The van der Waals surface area contributed by atoms with E-state index in [1.165, 1.54) is 41.7 Å². The first-order valence-corrected chi connectivity index (χ1v) is 15.1. The highest BCUT2D eigenvalue weighted by Gasteiger charge is 2.14. The minimum Gasteiger partial charge on any atom is -0.332 e. The number of halogens is 4. The predicted octanol–water partition coefficient (Wildman–Crippen LogP) is 10.6. The summed E-state index contributed by atoms with van der Waals surface area (Å²) in [6.07, 6.45) is 0. The molecule has 0 fully saturated rings. The van der Waals surface area contributed by atoms with Crippen LogP contribution >= 0.6 is 70.0 Å². The van der Waals surface area contributed by atoms with Gasteiger partial charge in [-0.05, 0) is 67.5 Å². The Morgan fingerprint density at radius 2 is 1.32 bits per heavy atom. The van der Waals surface area contributed by atoms with Gasteiger partial charge in [-0.1, -0.05) is 69.9 Å². The number of hydrogen-bond donors (Lipinski definition) is 3. The van der Waals surface area contributed by atoms with Gasteiger partial charge in [0.25, 0.3) is 11.4 Å². The number of aromatic nitrogens is 1. The molecule has 0 bridgehead atoms. The Morgan fingerprint density at radius 1 is 0.750 bits per heavy atom. The number of non-ortho nitro benzene ring substituents is 2. The number of nitro benzene ring substituents is 2. The summed E-state index contributed by atoms with van der Waals surface area (Å²) in [7, 11) is 0. The number of thiocarbonyl (C=S) groups is 1. The lowest BCUT2D eigenvalue weighted by Gasteiger charge is -2.13. The van der Waals surface area contributed by atoms with E-state index in [0.29, 0.717) is 31.7 Å². The maximum atomic E-state index is 10.7. The minimum atomic E-state index is -0.512. The third-order valence-corrected chi connectivity index (χ3v) is 8.46. The highest BCUT2D eigenvalue weighted by molar-refractivity contribution is 7.80. The smallest absolute Gasteiger partial charge is 0.271 e. The third-order valence-electron chi connectivity index (χ3n) is 5.96. The van der Waals surface area contributed by atoms with Crippen LogP contribution in [0.5, 0.6) is 0 Å². The standard InChI is InChI=1S/C14H9Cl2N3O2S.C14H11Cl2N3O2S/c1-7-2-4-9(15)13-12(7)18-14(22-13)17-11-5-3-8(19(20)21)6-10(11)16;1-8-2-3-9(15)6-13(8)18-14(22)17-12-5-4-10(19(20)21)7-11(12)16/h2-6H,1H3,(H,17,18);2-7H,1H3,(H2,17,18,22). The summed E-state index contributed by atoms with van der Waals surface area (Å²) in [6.45, 7) is 3.88. The maximum Gasteiger partial charge on any atom is 0.271 e. The van der Waals surface area contributed by atoms with Gasteiger partial charge in [-0.3, -0.25) is 20.2 Å². The molecule has 0 unspecified atom stereocenters. The SMILES string of the molecule is Cc1ccc(Cl)c2sc(Nc3ccc([N+](=O)[O-])cc3Cl)nc12.Cc1ccc(Cl)cc1NC(=S)Nc1ccc([N+](=O)[O-])cc1Cl. The van der Waals surface area contributed by atoms with Crippen molar-refractivity contribution in [3.63, 3.8) is 0 Å². The Bertz CT molecular complexity index is 1880. The number of anilines is 4. The number of aryl methyl sites for hydroxylation is 2. The highest BCUT2D eigenvalue weighted by Crippen LogP contribution is 2.37. The van der Waals surface area contributed by atoms with Crippen molar-refractivity contribution in [2.45, 2.75) is 13.8 Å². The van der Waals surface area contributed by atoms with Gasteiger partial charge in [0.15, 0.2) is 10.2 Å². The average Bonchev–Trinajstić information content (AvgIpc) is 3.40. The fourth-order valence-electron chi connectivity index (χ4n) is 3.71. The first-order valence-electron chi connectivity index (χ1n) is 12.4. The molecule has 16 heteroatoms. The lowest BCUT2D eigenvalue weighted by Crippen LogP contribution is -2.19. The molecule has 226 valence electrons. The first-order chi connectivity index (χ1) is 20.8. The van der Waals surface area contributed by atoms with E-state index in [4.69, 9.17) is 58.6 Å². The minimum absolute atomic E-state index is 0.0567. The number of hydrogen-bond acceptors (Lipinski definition) is 8. The van der Waals surface area contributed by atoms with E-state index in [1.54, 1.807) is 18.2 Å². The molecule has 0 aliphatic rings. The van der Waals surface area contributed by atoms with Crippen LogP contribution in [0.25, 0.3) is 10.2 Å². The molecule has 0 spiro atoms. The number of fused-ring (bicyclic) bond motifs is 1. The zero-order valence-corrected chi connectivity index (χ0v) is 27.3. The monoisotopic (exact) mass is 708 g/mol. The van der Waals surface area contributed by atoms with Crippen LogP contribution in [-0.4, -0.2) is 19.9 Å². The Hall–Kier alpha value is -3.78. The largest absolute Gasteiger partial charge is 0.332 e. The number of rotatable bonds is 6. The van der Waals surface area contributed by atoms with Gasteiger partial charge >= 0.3 is 0 Å². The van der Waals surface area contributed by atoms with Crippen LogP contribution in [0.1, 0.15) is 11.1 Å². The number of nitro groups is 2. The van der Waals surface area contributed by atoms with Gasteiger partial charge in [-0.25, -0.2) is 4.98 Å². The Labute approximate surface area is 280 Å². The van der Waals surface area contributed by atoms with E-state index in [2.05, 4.69) is 20.9 Å². The molecule has 0 amide bonds. The average molecular weight is 710 g/mol. The van der Waals surface area contributed by atoms with Crippen molar-refractivity contribution in [2.75, 3.05) is 16.0 Å². The van der Waals surface area contributed by atoms with E-state index < -0.39 is 9.85 Å². The molecule has 3 N–H and O–H groups in total. The lowest BCUT2D eigenvalue weighted by molar-refractivity contribution is -0.385. The molecular weight excluding hydrogens is 690 g/mol. The predicted molar refractivity (Wildman–Crippen MR) is 185 cm³/mol. The molecule has 44 heavy (non-hydrogen) atoms. The number of nitrogens with zero attached hydrogens (tertiary/aromatic N) is 3. The summed E-state index contributed by atoms with van der Waals surface area (Å²) >= 11 is 30.8. The molecule has 5 aromatic rings. The summed E-state index contributed by atoms with van der Waals surface area (Å²) in [5.41, 5.74) is 4.49. The fraction of sp³-hybridized carbons (Fsp3) is 0.0714. The summed E-state index contributed by atoms with van der Waals surface area (Å²) < 4.78 is 0.891. The molecule has 0 aliphatic heterocycles. The summed E-state index contributed by atoms with van der Waals surface area (Å²) in [6, 6.07) is 17.5. The van der Waals surface area contributed by atoms with Gasteiger partial charge < -0.3 is 16.0 Å². The molecule has 10 nitrogen and oxygen atoms in total. The molecule has 0 saturated carbocycles. The fourth-order valence-corrected chi connectivity index (χ4v) is 5.78. The van der Waals surface area contributed by atoms with Gasteiger partial charge in [-0.15, -0.1) is 0 Å². The topological polar surface area (TPSA) is 135 Å². The summed E-state index contributed by atoms with van der Waals surface area (Å²) in [5.74, 6) is 0. The van der Waals surface area contributed by atoms with Crippen molar-refractivity contribution < 1.29 is 9.85 Å². The molecule has 5 rings (SSSR count). The van der Waals surface area contributed by atoms with Crippen LogP contribution in [-0.2, 0) is 0 Å². The van der Waals surface area contributed by atoms with Crippen LogP contribution in [0.4, 0.5) is 33.6 Å². The molecule has 1 heterocycles. The zero-order valence-electron chi connectivity index (χ0n) is 22.7. The molecular formula is C28H20Cl4N6O4S2. The van der Waals surface area contributed by atoms with Crippen molar-refractivity contribution in [1.82, 2.24) is 4.98 Å². The number of benzene rings is 4. The second kappa shape index (κ2) is 14.3. The van der Waals surface area contributed by atoms with E-state index in [1.807, 2.05) is 32.0 Å². The highest BCUT2D eigenvalue weighted by atomic mass is 35.5. The second-order valence-corrected chi connectivity index (χ2v) is 12.1. The Balaban J connectivity index is 0.000000201. The van der Waals surface area contributed by atoms with Crippen molar-refractivity contribution >= 4 is 119 Å². The Morgan fingerprint density at radius 3 is 1.89 bits per heavy atom. The van der Waals surface area contributed by atoms with E-state index in [9.17, 15) is 20.2 Å². The first kappa shape index (κ1) is 33.1. The molecule has 0 aliphatic carbocycles. The molecule has 0 atom stereocenters. The molecule has 0 radical (unpaired) electrons. The maximum absolute atomic E-state index is 10.7. The van der Waals surface area contributed by atoms with Crippen LogP contribution in [0.2, 0.25) is 20.1 Å². The molecule has 4 aromatic carbocycles. The number of nitrogens with one attached hydrogen (secondary N) is 3. The second-order valence-electron chi connectivity index (χ2n) is 9.07. The van der Waals surface area contributed by atoms with Gasteiger partial charge in [-0.2, -0.15) is 0 Å². The Kier molecular flexibility index (Phi) is 10.8. The van der Waals surface area contributed by atoms with Gasteiger partial charge in [0.05, 0.1) is 46.5 Å². The lowest BCUT2D eigenvalue weighted by atomic mass is 10.2. The quantitative estimate of drug-likeness (QED) is 0.0894. The number of thiazole rings is 1. The van der Waals surface area contributed by atoms with Crippen LogP contribution < -0.4 is 16.0 Å². The van der Waals surface area contributed by atoms with Crippen LogP contribution in [0.3, 0.4) is 0 Å². The summed E-state index contributed by atoms with van der Waals surface area (Å²) in [4.78, 5) is 24.9. The zero-order chi connectivity index (χ0) is 32.1. The van der Waals surface area contributed by atoms with Crippen molar-refractivity contribution in [1.29, 1.82) is 0 Å². The molecule has 0 saturated heterocycles. The third kappa shape index (κ3) is 8.23. The summed E-state index contributed by atoms with van der Waals surface area (Å²) in [5, 5.41) is 33.0. The van der Waals surface area contributed by atoms with Crippen molar-refractivity contribution in [2.24, 2.45) is 0 Å². The van der Waals surface area contributed by atoms with Gasteiger partial charge in [0.2, 0.25) is 0 Å². The van der Waals surface area contributed by atoms with Crippen LogP contribution in [0, 0.1) is 34.1 Å². The van der Waals surface area contributed by atoms with Crippen molar-refractivity contribution in [3.05, 3.63) is 118 Å². The van der Waals surface area contributed by atoms with E-state index >= 15 is 0 Å². The normalized spacial score (nSPS) is 10.5. The van der Waals surface area contributed by atoms with E-state index in [0.717, 1.165) is 27.0 Å². The van der Waals surface area contributed by atoms with Gasteiger partial charge in [0.1, 0.15) is 0 Å². The molecule has 1 aromatic heterocycles. The van der Waals surface area contributed by atoms with Crippen molar-refractivity contribution in [3.8, 4) is 0 Å². The van der Waals surface area contributed by atoms with Gasteiger partial charge in [0, 0.05) is 35.0 Å². The van der Waals surface area contributed by atoms with E-state index in [-0.39, 0.29) is 21.4 Å².